The van der Waals surface area contributed by atoms with Crippen LogP contribution in [0.1, 0.15) is 48.5 Å². The van der Waals surface area contributed by atoms with Crippen molar-refractivity contribution in [2.24, 2.45) is 5.92 Å². The van der Waals surface area contributed by atoms with E-state index in [1.165, 1.54) is 5.56 Å². The summed E-state index contributed by atoms with van der Waals surface area (Å²) in [6.45, 7) is 3.38. The monoisotopic (exact) mass is 495 g/mol. The Balaban J connectivity index is 1.10. The molecule has 4 aromatic rings. The Hall–Kier alpha value is -3.93. The van der Waals surface area contributed by atoms with Crippen molar-refractivity contribution in [2.45, 2.75) is 45.1 Å². The molecule has 1 N–H and O–H groups in total. The van der Waals surface area contributed by atoms with Gasteiger partial charge in [0.25, 0.3) is 5.91 Å². The van der Waals surface area contributed by atoms with E-state index in [1.54, 1.807) is 6.07 Å². The summed E-state index contributed by atoms with van der Waals surface area (Å²) in [4.78, 5) is 32.2. The van der Waals surface area contributed by atoms with Gasteiger partial charge in [0.15, 0.2) is 5.58 Å². The van der Waals surface area contributed by atoms with Crippen LogP contribution in [0.15, 0.2) is 83.3 Å². The van der Waals surface area contributed by atoms with E-state index in [9.17, 15) is 9.59 Å². The largest absolute Gasteiger partial charge is 0.436 e. The van der Waals surface area contributed by atoms with Gasteiger partial charge in [-0.15, -0.1) is 0 Å². The number of fused-ring (bicyclic) bond motifs is 1. The molecule has 1 fully saturated rings. The fourth-order valence-electron chi connectivity index (χ4n) is 4.98. The Labute approximate surface area is 217 Å². The van der Waals surface area contributed by atoms with Gasteiger partial charge >= 0.3 is 0 Å². The smallest absolute Gasteiger partial charge is 0.253 e. The second-order valence-corrected chi connectivity index (χ2v) is 10.0. The van der Waals surface area contributed by atoms with Crippen LogP contribution >= 0.6 is 0 Å². The van der Waals surface area contributed by atoms with Crippen LogP contribution in [0.5, 0.6) is 0 Å². The summed E-state index contributed by atoms with van der Waals surface area (Å²) in [5, 5.41) is 3.15. The van der Waals surface area contributed by atoms with Gasteiger partial charge in [-0.3, -0.25) is 9.59 Å². The molecule has 1 saturated heterocycles. The summed E-state index contributed by atoms with van der Waals surface area (Å²) in [5.41, 5.74) is 4.16. The molecule has 0 aliphatic carbocycles. The highest BCUT2D eigenvalue weighted by Gasteiger charge is 2.26. The lowest BCUT2D eigenvalue weighted by Crippen LogP contribution is -2.40. The third-order valence-electron chi connectivity index (χ3n) is 7.15. The van der Waals surface area contributed by atoms with E-state index in [2.05, 4.69) is 29.4 Å². The number of nitrogens with zero attached hydrogens (tertiary/aromatic N) is 2. The third kappa shape index (κ3) is 6.26. The van der Waals surface area contributed by atoms with E-state index in [0.29, 0.717) is 48.0 Å². The number of hydrogen-bond donors (Lipinski definition) is 1. The lowest BCUT2D eigenvalue weighted by atomic mass is 9.92. The molecule has 0 spiro atoms. The molecule has 2 heterocycles. The molecule has 0 bridgehead atoms. The zero-order valence-electron chi connectivity index (χ0n) is 21.2. The van der Waals surface area contributed by atoms with Gasteiger partial charge < -0.3 is 14.6 Å². The quantitative estimate of drug-likeness (QED) is 0.331. The maximum absolute atomic E-state index is 13.2. The van der Waals surface area contributed by atoms with Crippen molar-refractivity contribution in [3.8, 4) is 11.5 Å². The van der Waals surface area contributed by atoms with Crippen molar-refractivity contribution in [2.75, 3.05) is 13.1 Å². The average Bonchev–Trinajstić information content (AvgIpc) is 3.37. The summed E-state index contributed by atoms with van der Waals surface area (Å²) in [6.07, 6.45) is 4.07. The molecule has 2 amide bonds. The second-order valence-electron chi connectivity index (χ2n) is 10.0. The van der Waals surface area contributed by atoms with Crippen LogP contribution in [0.2, 0.25) is 0 Å². The molecule has 0 saturated carbocycles. The molecule has 1 atom stereocenters. The number of carbonyl (C=O) groups is 2. The molecule has 1 aliphatic heterocycles. The maximum Gasteiger partial charge on any atom is 0.253 e. The zero-order valence-corrected chi connectivity index (χ0v) is 21.2. The molecule has 37 heavy (non-hydrogen) atoms. The normalized spacial score (nSPS) is 15.0. The number of aromatic nitrogens is 1. The summed E-state index contributed by atoms with van der Waals surface area (Å²) in [7, 11) is 0. The van der Waals surface area contributed by atoms with Gasteiger partial charge in [-0.25, -0.2) is 4.98 Å². The standard InChI is InChI=1S/C31H33N3O3/c1-22(12-13-23-8-4-2-5-9-23)32-29(35)20-24-16-18-34(19-17-24)31(36)26-14-15-28-27(21-26)33-30(37-28)25-10-6-3-7-11-25/h2-11,14-15,21-22,24H,12-13,16-20H2,1H3,(H,32,35)/t22-/m1/s1. The van der Waals surface area contributed by atoms with E-state index >= 15 is 0 Å². The number of carbonyl (C=O) groups excluding carboxylic acids is 2. The van der Waals surface area contributed by atoms with Crippen LogP contribution < -0.4 is 5.32 Å². The maximum atomic E-state index is 13.2. The van der Waals surface area contributed by atoms with Crippen molar-refractivity contribution in [1.82, 2.24) is 15.2 Å². The number of likely N-dealkylation sites (tertiary alicyclic amines) is 1. The minimum atomic E-state index is 0.00333. The summed E-state index contributed by atoms with van der Waals surface area (Å²) in [5.74, 6) is 0.963. The minimum Gasteiger partial charge on any atom is -0.436 e. The molecule has 0 unspecified atom stereocenters. The van der Waals surface area contributed by atoms with Crippen molar-refractivity contribution >= 4 is 22.9 Å². The number of hydrogen-bond acceptors (Lipinski definition) is 4. The number of aryl methyl sites for hydroxylation is 1. The first-order chi connectivity index (χ1) is 18.0. The number of benzene rings is 3. The Morgan fingerprint density at radius 1 is 1.00 bits per heavy atom. The van der Waals surface area contributed by atoms with Crippen LogP contribution in [0.4, 0.5) is 0 Å². The highest BCUT2D eigenvalue weighted by atomic mass is 16.3. The second kappa shape index (κ2) is 11.4. The van der Waals surface area contributed by atoms with Crippen LogP contribution in [-0.2, 0) is 11.2 Å². The fourth-order valence-corrected chi connectivity index (χ4v) is 4.98. The Bertz CT molecular complexity index is 1340. The molecule has 6 heteroatoms. The van der Waals surface area contributed by atoms with Gasteiger partial charge in [-0.1, -0.05) is 48.5 Å². The number of amides is 2. The first-order valence-corrected chi connectivity index (χ1v) is 13.1. The lowest BCUT2D eigenvalue weighted by molar-refractivity contribution is -0.122. The molecule has 0 radical (unpaired) electrons. The SMILES string of the molecule is C[C@H](CCc1ccccc1)NC(=O)CC1CCN(C(=O)c2ccc3oc(-c4ccccc4)nc3c2)CC1. The zero-order chi connectivity index (χ0) is 25.6. The lowest BCUT2D eigenvalue weighted by Gasteiger charge is -2.32. The first-order valence-electron chi connectivity index (χ1n) is 13.1. The molecule has 6 nitrogen and oxygen atoms in total. The fraction of sp³-hybridized carbons (Fsp3) is 0.323. The van der Waals surface area contributed by atoms with E-state index in [-0.39, 0.29) is 17.9 Å². The van der Waals surface area contributed by atoms with Gasteiger partial charge in [0, 0.05) is 36.7 Å². The number of oxazole rings is 1. The van der Waals surface area contributed by atoms with Crippen LogP contribution in [0, 0.1) is 5.92 Å². The Kier molecular flexibility index (Phi) is 7.64. The summed E-state index contributed by atoms with van der Waals surface area (Å²) in [6, 6.07) is 25.7. The number of nitrogens with one attached hydrogen (secondary N) is 1. The highest BCUT2D eigenvalue weighted by Crippen LogP contribution is 2.26. The first kappa shape index (κ1) is 24.8. The van der Waals surface area contributed by atoms with Gasteiger partial charge in [-0.05, 0) is 74.4 Å². The number of rotatable bonds is 8. The molecule has 3 aromatic carbocycles. The van der Waals surface area contributed by atoms with E-state index in [1.807, 2.05) is 65.6 Å². The molecule has 190 valence electrons. The van der Waals surface area contributed by atoms with Crippen LogP contribution in [0.3, 0.4) is 0 Å². The van der Waals surface area contributed by atoms with Crippen LogP contribution in [-0.4, -0.2) is 40.8 Å². The highest BCUT2D eigenvalue weighted by molar-refractivity contribution is 5.97. The van der Waals surface area contributed by atoms with Crippen molar-refractivity contribution in [3.05, 3.63) is 90.0 Å². The van der Waals surface area contributed by atoms with Crippen molar-refractivity contribution in [3.63, 3.8) is 0 Å². The molecular weight excluding hydrogens is 462 g/mol. The molecular formula is C31H33N3O3. The number of piperidine rings is 1. The van der Waals surface area contributed by atoms with Crippen molar-refractivity contribution < 1.29 is 14.0 Å². The topological polar surface area (TPSA) is 75.4 Å². The van der Waals surface area contributed by atoms with E-state index in [4.69, 9.17) is 4.42 Å². The Morgan fingerprint density at radius 2 is 1.70 bits per heavy atom. The third-order valence-corrected chi connectivity index (χ3v) is 7.15. The van der Waals surface area contributed by atoms with E-state index < -0.39 is 0 Å². The summed E-state index contributed by atoms with van der Waals surface area (Å²) >= 11 is 0. The minimum absolute atomic E-state index is 0.00333. The van der Waals surface area contributed by atoms with Gasteiger partial charge in [0.2, 0.25) is 11.8 Å². The molecule has 5 rings (SSSR count). The average molecular weight is 496 g/mol. The van der Waals surface area contributed by atoms with Crippen LogP contribution in [0.25, 0.3) is 22.6 Å². The van der Waals surface area contributed by atoms with Gasteiger partial charge in [-0.2, -0.15) is 0 Å². The Morgan fingerprint density at radius 3 is 2.43 bits per heavy atom. The van der Waals surface area contributed by atoms with Crippen molar-refractivity contribution in [1.29, 1.82) is 0 Å². The van der Waals surface area contributed by atoms with Gasteiger partial charge in [0.1, 0.15) is 5.52 Å². The predicted molar refractivity (Wildman–Crippen MR) is 145 cm³/mol. The summed E-state index contributed by atoms with van der Waals surface area (Å²) < 4.78 is 5.88. The van der Waals surface area contributed by atoms with E-state index in [0.717, 1.165) is 31.2 Å². The van der Waals surface area contributed by atoms with Gasteiger partial charge in [0.05, 0.1) is 0 Å². The molecule has 1 aliphatic rings. The predicted octanol–water partition coefficient (Wildman–Crippen LogP) is 5.87. The molecule has 1 aromatic heterocycles.